The first-order chi connectivity index (χ1) is 9.49. The first kappa shape index (κ1) is 15.8. The highest BCUT2D eigenvalue weighted by molar-refractivity contribution is 9.10. The highest BCUT2D eigenvalue weighted by Crippen LogP contribution is 2.38. The molecule has 0 aromatic heterocycles. The van der Waals surface area contributed by atoms with Gasteiger partial charge in [0.15, 0.2) is 0 Å². The smallest absolute Gasteiger partial charge is 0.125 e. The van der Waals surface area contributed by atoms with Crippen LogP contribution in [0.4, 0.5) is 0 Å². The first-order valence-electron chi connectivity index (χ1n) is 7.25. The van der Waals surface area contributed by atoms with E-state index in [0.717, 1.165) is 41.7 Å². The summed E-state index contributed by atoms with van der Waals surface area (Å²) in [7, 11) is 0. The lowest BCUT2D eigenvalue weighted by Crippen LogP contribution is -2.38. The second-order valence-electron chi connectivity index (χ2n) is 6.29. The molecule has 0 saturated carbocycles. The molecule has 1 aromatic carbocycles. The summed E-state index contributed by atoms with van der Waals surface area (Å²) in [5, 5.41) is 9.87. The Labute approximate surface area is 129 Å². The molecule has 0 bridgehead atoms. The summed E-state index contributed by atoms with van der Waals surface area (Å²) in [6.07, 6.45) is 2.64. The molecule has 1 heterocycles. The van der Waals surface area contributed by atoms with Crippen molar-refractivity contribution in [2.45, 2.75) is 33.1 Å². The Morgan fingerprint density at radius 3 is 2.80 bits per heavy atom. The molecule has 20 heavy (non-hydrogen) atoms. The summed E-state index contributed by atoms with van der Waals surface area (Å²) >= 11 is 3.57. The fraction of sp³-hybridized carbons (Fsp3) is 0.625. The minimum atomic E-state index is -0.255. The molecule has 4 heteroatoms. The van der Waals surface area contributed by atoms with Crippen LogP contribution in [0, 0.1) is 11.3 Å². The van der Waals surface area contributed by atoms with Crippen molar-refractivity contribution >= 4 is 15.9 Å². The van der Waals surface area contributed by atoms with Crippen molar-refractivity contribution in [1.29, 1.82) is 0 Å². The fourth-order valence-electron chi connectivity index (χ4n) is 3.16. The van der Waals surface area contributed by atoms with E-state index in [2.05, 4.69) is 41.9 Å². The average Bonchev–Trinajstić information content (AvgIpc) is 2.85. The van der Waals surface area contributed by atoms with E-state index in [9.17, 15) is 5.11 Å². The van der Waals surface area contributed by atoms with E-state index in [1.54, 1.807) is 0 Å². The molecule has 1 aromatic rings. The molecule has 1 aliphatic rings. The second kappa shape index (κ2) is 6.46. The Morgan fingerprint density at radius 1 is 1.45 bits per heavy atom. The van der Waals surface area contributed by atoms with Gasteiger partial charge in [-0.05, 0) is 42.0 Å². The lowest BCUT2D eigenvalue weighted by atomic mass is 9.75. The van der Waals surface area contributed by atoms with Crippen LogP contribution in [-0.4, -0.2) is 24.9 Å². The van der Waals surface area contributed by atoms with Crippen molar-refractivity contribution in [3.63, 3.8) is 0 Å². The molecule has 0 aliphatic carbocycles. The number of halogens is 1. The lowest BCUT2D eigenvalue weighted by molar-refractivity contribution is 0.107. The Morgan fingerprint density at radius 2 is 2.20 bits per heavy atom. The van der Waals surface area contributed by atoms with Crippen LogP contribution in [0.5, 0.6) is 5.75 Å². The molecule has 3 nitrogen and oxygen atoms in total. The summed E-state index contributed by atoms with van der Waals surface area (Å²) < 4.78 is 6.86. The Bertz CT molecular complexity index is 470. The van der Waals surface area contributed by atoms with Gasteiger partial charge >= 0.3 is 0 Å². The maximum absolute atomic E-state index is 9.87. The van der Waals surface area contributed by atoms with E-state index >= 15 is 0 Å². The van der Waals surface area contributed by atoms with Gasteiger partial charge in [-0.15, -0.1) is 0 Å². The number of hydrogen-bond acceptors (Lipinski definition) is 3. The molecule has 0 amide bonds. The highest BCUT2D eigenvalue weighted by Gasteiger charge is 2.31. The topological polar surface area (TPSA) is 55.5 Å². The molecule has 2 rings (SSSR count). The summed E-state index contributed by atoms with van der Waals surface area (Å²) in [5.74, 6) is 1.51. The van der Waals surface area contributed by atoms with Gasteiger partial charge in [-0.3, -0.25) is 0 Å². The minimum Gasteiger partial charge on any atom is -0.493 e. The molecule has 0 saturated heterocycles. The second-order valence-corrected chi connectivity index (χ2v) is 7.20. The molecule has 1 aliphatic heterocycles. The van der Waals surface area contributed by atoms with Crippen LogP contribution < -0.4 is 10.5 Å². The molecule has 112 valence electrons. The van der Waals surface area contributed by atoms with Crippen LogP contribution >= 0.6 is 15.9 Å². The quantitative estimate of drug-likeness (QED) is 0.836. The van der Waals surface area contributed by atoms with E-state index in [1.807, 2.05) is 0 Å². The van der Waals surface area contributed by atoms with E-state index in [0.29, 0.717) is 12.5 Å². The zero-order valence-corrected chi connectivity index (χ0v) is 13.9. The molecule has 0 radical (unpaired) electrons. The average molecular weight is 342 g/mol. The van der Waals surface area contributed by atoms with Gasteiger partial charge < -0.3 is 15.6 Å². The molecule has 0 fully saturated rings. The van der Waals surface area contributed by atoms with Gasteiger partial charge in [0, 0.05) is 22.9 Å². The van der Waals surface area contributed by atoms with Crippen LogP contribution in [0.3, 0.4) is 0 Å². The monoisotopic (exact) mass is 341 g/mol. The number of aliphatic hydroxyl groups excluding tert-OH is 1. The maximum Gasteiger partial charge on any atom is 0.125 e. The van der Waals surface area contributed by atoms with E-state index in [-0.39, 0.29) is 12.0 Å². The highest BCUT2D eigenvalue weighted by atomic mass is 79.9. The predicted molar refractivity (Wildman–Crippen MR) is 85.1 cm³/mol. The van der Waals surface area contributed by atoms with Crippen LogP contribution in [0.1, 0.15) is 31.4 Å². The maximum atomic E-state index is 9.87. The number of rotatable bonds is 6. The third-order valence-electron chi connectivity index (χ3n) is 4.00. The third kappa shape index (κ3) is 3.35. The zero-order valence-electron chi connectivity index (χ0n) is 12.3. The fourth-order valence-corrected chi connectivity index (χ4v) is 3.71. The SMILES string of the molecule is CC(C)CC(CN)(CO)Cc1cc(Br)cc2c1OCC2. The summed E-state index contributed by atoms with van der Waals surface area (Å²) in [5.41, 5.74) is 8.14. The van der Waals surface area contributed by atoms with Crippen molar-refractivity contribution in [1.82, 2.24) is 0 Å². The Kier molecular flexibility index (Phi) is 5.10. The predicted octanol–water partition coefficient (Wildman–Crippen LogP) is 2.91. The van der Waals surface area contributed by atoms with Crippen LogP contribution in [0.15, 0.2) is 16.6 Å². The molecular weight excluding hydrogens is 318 g/mol. The standard InChI is InChI=1S/C16H24BrNO2/c1-11(2)7-16(9-18,10-19)8-13-6-14(17)5-12-3-4-20-15(12)13/h5-6,11,19H,3-4,7-10,18H2,1-2H3. The molecule has 0 spiro atoms. The van der Waals surface area contributed by atoms with Gasteiger partial charge in [-0.1, -0.05) is 29.8 Å². The molecular formula is C16H24BrNO2. The number of nitrogens with two attached hydrogens (primary N) is 1. The van der Waals surface area contributed by atoms with Gasteiger partial charge in [-0.2, -0.15) is 0 Å². The van der Waals surface area contributed by atoms with Gasteiger partial charge in [0.05, 0.1) is 13.2 Å². The van der Waals surface area contributed by atoms with Gasteiger partial charge in [0.2, 0.25) is 0 Å². The number of ether oxygens (including phenoxy) is 1. The minimum absolute atomic E-state index is 0.114. The Hall–Kier alpha value is -0.580. The summed E-state index contributed by atoms with van der Waals surface area (Å²) in [6.45, 7) is 5.69. The van der Waals surface area contributed by atoms with Crippen molar-refractivity contribution in [2.75, 3.05) is 19.8 Å². The van der Waals surface area contributed by atoms with E-state index in [4.69, 9.17) is 10.5 Å². The van der Waals surface area contributed by atoms with Gasteiger partial charge in [-0.25, -0.2) is 0 Å². The van der Waals surface area contributed by atoms with Crippen molar-refractivity contribution in [2.24, 2.45) is 17.1 Å². The number of benzene rings is 1. The van der Waals surface area contributed by atoms with Crippen LogP contribution in [0.2, 0.25) is 0 Å². The van der Waals surface area contributed by atoms with Crippen molar-refractivity contribution in [3.05, 3.63) is 27.7 Å². The molecule has 3 N–H and O–H groups in total. The zero-order chi connectivity index (χ0) is 14.8. The van der Waals surface area contributed by atoms with Crippen LogP contribution in [-0.2, 0) is 12.8 Å². The number of fused-ring (bicyclic) bond motifs is 1. The van der Waals surface area contributed by atoms with Gasteiger partial charge in [0.1, 0.15) is 5.75 Å². The van der Waals surface area contributed by atoms with E-state index < -0.39 is 0 Å². The molecule has 1 unspecified atom stereocenters. The van der Waals surface area contributed by atoms with E-state index in [1.165, 1.54) is 5.56 Å². The first-order valence-corrected chi connectivity index (χ1v) is 8.04. The lowest BCUT2D eigenvalue weighted by Gasteiger charge is -2.33. The Balaban J connectivity index is 2.31. The third-order valence-corrected chi connectivity index (χ3v) is 4.46. The number of hydrogen-bond donors (Lipinski definition) is 2. The van der Waals surface area contributed by atoms with Crippen molar-refractivity contribution < 1.29 is 9.84 Å². The summed E-state index contributed by atoms with van der Waals surface area (Å²) in [6, 6.07) is 4.22. The summed E-state index contributed by atoms with van der Waals surface area (Å²) in [4.78, 5) is 0. The van der Waals surface area contributed by atoms with Gasteiger partial charge in [0.25, 0.3) is 0 Å². The molecule has 1 atom stereocenters. The van der Waals surface area contributed by atoms with Crippen LogP contribution in [0.25, 0.3) is 0 Å². The number of aliphatic hydroxyl groups is 1. The van der Waals surface area contributed by atoms with Crippen molar-refractivity contribution in [3.8, 4) is 5.75 Å². The largest absolute Gasteiger partial charge is 0.493 e. The normalized spacial score (nSPS) is 16.9.